The Balaban J connectivity index is 2.23. The number of likely N-dealkylation sites (N-methyl/N-ethyl adjacent to an activating group) is 1. The van der Waals surface area contributed by atoms with E-state index in [1.165, 1.54) is 5.01 Å². The molecule has 1 amide bonds. The summed E-state index contributed by atoms with van der Waals surface area (Å²) in [5.74, 6) is -0.178. The van der Waals surface area contributed by atoms with Crippen molar-refractivity contribution >= 4 is 11.7 Å². The lowest BCUT2D eigenvalue weighted by atomic mass is 10.0. The van der Waals surface area contributed by atoms with Gasteiger partial charge in [0.05, 0.1) is 7.11 Å². The zero-order chi connectivity index (χ0) is 12.4. The molecule has 0 bridgehead atoms. The Kier molecular flexibility index (Phi) is 3.10. The Bertz CT molecular complexity index is 442. The number of nitrogens with zero attached hydrogens (tertiary/aromatic N) is 1. The Morgan fingerprint density at radius 2 is 1.94 bits per heavy atom. The van der Waals surface area contributed by atoms with Crippen LogP contribution < -0.4 is 10.2 Å². The molecule has 0 radical (unpaired) electrons. The third-order valence-corrected chi connectivity index (χ3v) is 2.77. The molecule has 0 saturated carbocycles. The number of amides is 1. The molecule has 1 aliphatic rings. The third-order valence-electron chi connectivity index (χ3n) is 2.77. The molecule has 1 fully saturated rings. The lowest BCUT2D eigenvalue weighted by molar-refractivity contribution is -0.140. The molecular weight excluding hydrogens is 220 g/mol. The van der Waals surface area contributed by atoms with Crippen molar-refractivity contribution in [1.29, 1.82) is 0 Å². The number of hydrogen-bond acceptors (Lipinski definition) is 4. The van der Waals surface area contributed by atoms with E-state index in [-0.39, 0.29) is 0 Å². The van der Waals surface area contributed by atoms with Crippen LogP contribution >= 0.6 is 0 Å². The minimum absolute atomic E-state index is 0.419. The number of methoxy groups -OCH3 is 1. The van der Waals surface area contributed by atoms with Crippen molar-refractivity contribution in [3.63, 3.8) is 0 Å². The predicted octanol–water partition coefficient (Wildman–Crippen LogP) is 0.672. The number of carbonyl (C=O) groups excluding carboxylic acids is 2. The van der Waals surface area contributed by atoms with Gasteiger partial charge in [-0.3, -0.25) is 14.6 Å². The van der Waals surface area contributed by atoms with Crippen LogP contribution in [0.3, 0.4) is 0 Å². The molecule has 1 saturated heterocycles. The van der Waals surface area contributed by atoms with E-state index in [9.17, 15) is 9.59 Å². The minimum Gasteiger partial charge on any atom is -0.497 e. The first-order valence-electron chi connectivity index (χ1n) is 5.43. The number of hydrazine groups is 1. The van der Waals surface area contributed by atoms with E-state index in [0.29, 0.717) is 6.54 Å². The van der Waals surface area contributed by atoms with Crippen molar-refractivity contribution in [2.45, 2.75) is 13.0 Å². The first kappa shape index (κ1) is 11.6. The Hall–Kier alpha value is -1.88. The summed E-state index contributed by atoms with van der Waals surface area (Å²) >= 11 is 0. The Morgan fingerprint density at radius 1 is 1.29 bits per heavy atom. The van der Waals surface area contributed by atoms with Crippen LogP contribution in [0.15, 0.2) is 24.3 Å². The molecular formula is C12H14N2O3. The molecule has 1 atom stereocenters. The second-order valence-electron chi connectivity index (χ2n) is 3.75. The summed E-state index contributed by atoms with van der Waals surface area (Å²) in [6, 6.07) is 6.52. The molecule has 1 aliphatic heterocycles. The van der Waals surface area contributed by atoms with Gasteiger partial charge in [-0.15, -0.1) is 0 Å². The normalized spacial score (nSPS) is 19.9. The monoisotopic (exact) mass is 234 g/mol. The summed E-state index contributed by atoms with van der Waals surface area (Å²) in [7, 11) is 1.58. The number of ketones is 1. The summed E-state index contributed by atoms with van der Waals surface area (Å²) in [5, 5.41) is 1.33. The molecule has 0 aliphatic carbocycles. The molecule has 90 valence electrons. The smallest absolute Gasteiger partial charge is 0.306 e. The number of rotatable bonds is 3. The van der Waals surface area contributed by atoms with Gasteiger partial charge in [-0.1, -0.05) is 12.1 Å². The number of nitrogens with one attached hydrogen (secondary N) is 1. The van der Waals surface area contributed by atoms with Crippen LogP contribution in [0.4, 0.5) is 0 Å². The predicted molar refractivity (Wildman–Crippen MR) is 61.3 cm³/mol. The SMILES string of the molecule is CCN1NC(c2ccc(OC)cc2)C(=O)C1=O. The van der Waals surface area contributed by atoms with Gasteiger partial charge in [-0.2, -0.15) is 0 Å². The van der Waals surface area contributed by atoms with Gasteiger partial charge in [0.15, 0.2) is 0 Å². The lowest BCUT2D eigenvalue weighted by Gasteiger charge is -2.14. The highest BCUT2D eigenvalue weighted by atomic mass is 16.5. The zero-order valence-electron chi connectivity index (χ0n) is 9.77. The summed E-state index contributed by atoms with van der Waals surface area (Å²) in [6.45, 7) is 2.28. The maximum absolute atomic E-state index is 11.7. The fourth-order valence-corrected chi connectivity index (χ4v) is 1.79. The number of hydrogen-bond donors (Lipinski definition) is 1. The van der Waals surface area contributed by atoms with Crippen molar-refractivity contribution in [1.82, 2.24) is 10.4 Å². The number of benzene rings is 1. The fourth-order valence-electron chi connectivity index (χ4n) is 1.79. The van der Waals surface area contributed by atoms with E-state index in [4.69, 9.17) is 4.74 Å². The van der Waals surface area contributed by atoms with Crippen LogP contribution in [0.1, 0.15) is 18.5 Å². The molecule has 0 aromatic heterocycles. The minimum atomic E-state index is -0.576. The fraction of sp³-hybridized carbons (Fsp3) is 0.333. The van der Waals surface area contributed by atoms with Crippen LogP contribution in [-0.4, -0.2) is 30.4 Å². The molecule has 2 rings (SSSR count). The van der Waals surface area contributed by atoms with Gasteiger partial charge in [0.1, 0.15) is 11.8 Å². The van der Waals surface area contributed by atoms with E-state index < -0.39 is 17.7 Å². The van der Waals surface area contributed by atoms with Gasteiger partial charge in [-0.05, 0) is 24.6 Å². The van der Waals surface area contributed by atoms with Crippen LogP contribution in [0.25, 0.3) is 0 Å². The summed E-state index contributed by atoms with van der Waals surface area (Å²) in [5.41, 5.74) is 3.65. The van der Waals surface area contributed by atoms with Crippen molar-refractivity contribution in [2.75, 3.05) is 13.7 Å². The Labute approximate surface area is 99.3 Å². The molecule has 5 nitrogen and oxygen atoms in total. The third kappa shape index (κ3) is 2.01. The quantitative estimate of drug-likeness (QED) is 0.781. The van der Waals surface area contributed by atoms with Crippen LogP contribution in [0, 0.1) is 0 Å². The van der Waals surface area contributed by atoms with Gasteiger partial charge >= 0.3 is 5.91 Å². The molecule has 5 heteroatoms. The zero-order valence-corrected chi connectivity index (χ0v) is 9.77. The van der Waals surface area contributed by atoms with Crippen molar-refractivity contribution in [2.24, 2.45) is 0 Å². The van der Waals surface area contributed by atoms with E-state index >= 15 is 0 Å². The van der Waals surface area contributed by atoms with Gasteiger partial charge in [0.25, 0.3) is 0 Å². The number of ether oxygens (including phenoxy) is 1. The van der Waals surface area contributed by atoms with Crippen LogP contribution in [0.5, 0.6) is 5.75 Å². The molecule has 17 heavy (non-hydrogen) atoms. The van der Waals surface area contributed by atoms with Gasteiger partial charge in [-0.25, -0.2) is 5.43 Å². The highest BCUT2D eigenvalue weighted by Crippen LogP contribution is 2.22. The summed E-state index contributed by atoms with van der Waals surface area (Å²) < 4.78 is 5.04. The average molecular weight is 234 g/mol. The molecule has 1 aromatic rings. The molecule has 1 heterocycles. The number of Topliss-reactive ketones (excluding diaryl/α,β-unsaturated/α-hetero) is 1. The first-order chi connectivity index (χ1) is 8.17. The van der Waals surface area contributed by atoms with Crippen LogP contribution in [0.2, 0.25) is 0 Å². The van der Waals surface area contributed by atoms with Crippen molar-refractivity contribution < 1.29 is 14.3 Å². The molecule has 0 spiro atoms. The van der Waals surface area contributed by atoms with E-state index in [1.807, 2.05) is 6.92 Å². The summed E-state index contributed by atoms with van der Waals surface area (Å²) in [4.78, 5) is 23.3. The maximum atomic E-state index is 11.7. The molecule has 1 unspecified atom stereocenters. The standard InChI is InChI=1S/C12H14N2O3/c1-3-14-12(16)11(15)10(13-14)8-4-6-9(17-2)7-5-8/h4-7,10,13H,3H2,1-2H3. The van der Waals surface area contributed by atoms with Crippen LogP contribution in [-0.2, 0) is 9.59 Å². The second kappa shape index (κ2) is 4.55. The topological polar surface area (TPSA) is 58.6 Å². The molecule has 1 N–H and O–H groups in total. The maximum Gasteiger partial charge on any atom is 0.306 e. The highest BCUT2D eigenvalue weighted by Gasteiger charge is 2.38. The molecule has 1 aromatic carbocycles. The average Bonchev–Trinajstić information content (AvgIpc) is 2.66. The van der Waals surface area contributed by atoms with E-state index in [0.717, 1.165) is 11.3 Å². The van der Waals surface area contributed by atoms with Gasteiger partial charge in [0, 0.05) is 6.54 Å². The summed E-state index contributed by atoms with van der Waals surface area (Å²) in [6.07, 6.45) is 0. The lowest BCUT2D eigenvalue weighted by Crippen LogP contribution is -2.34. The van der Waals surface area contributed by atoms with E-state index in [1.54, 1.807) is 31.4 Å². The largest absolute Gasteiger partial charge is 0.497 e. The van der Waals surface area contributed by atoms with Gasteiger partial charge < -0.3 is 4.74 Å². The Morgan fingerprint density at radius 3 is 2.41 bits per heavy atom. The second-order valence-corrected chi connectivity index (χ2v) is 3.75. The van der Waals surface area contributed by atoms with E-state index in [2.05, 4.69) is 5.43 Å². The van der Waals surface area contributed by atoms with Gasteiger partial charge in [0.2, 0.25) is 5.78 Å². The van der Waals surface area contributed by atoms with Crippen molar-refractivity contribution in [3.05, 3.63) is 29.8 Å². The van der Waals surface area contributed by atoms with Crippen molar-refractivity contribution in [3.8, 4) is 5.75 Å². The highest BCUT2D eigenvalue weighted by molar-refractivity contribution is 6.39. The number of carbonyl (C=O) groups is 2. The first-order valence-corrected chi connectivity index (χ1v) is 5.43.